The molecule has 0 aromatic carbocycles. The first kappa shape index (κ1) is 16.3. The molecule has 5 heteroatoms. The maximum absolute atomic E-state index is 12.5. The summed E-state index contributed by atoms with van der Waals surface area (Å²) in [5.74, 6) is 0.310. The van der Waals surface area contributed by atoms with Crippen LogP contribution in [0, 0.1) is 5.41 Å². The lowest BCUT2D eigenvalue weighted by atomic mass is 9.74. The van der Waals surface area contributed by atoms with E-state index >= 15 is 0 Å². The van der Waals surface area contributed by atoms with Gasteiger partial charge in [0.25, 0.3) is 0 Å². The van der Waals surface area contributed by atoms with Crippen LogP contribution in [-0.4, -0.2) is 37.5 Å². The third-order valence-corrected chi connectivity index (χ3v) is 4.58. The van der Waals surface area contributed by atoms with Gasteiger partial charge in [-0.1, -0.05) is 13.3 Å². The Balaban J connectivity index is 1.67. The summed E-state index contributed by atoms with van der Waals surface area (Å²) in [6, 6.07) is 0.426. The minimum atomic E-state index is -0.184. The zero-order valence-corrected chi connectivity index (χ0v) is 13.2. The smallest absolute Gasteiger partial charge is 0.226 e. The van der Waals surface area contributed by atoms with Crippen LogP contribution < -0.4 is 16.0 Å². The molecule has 1 heterocycles. The summed E-state index contributed by atoms with van der Waals surface area (Å²) in [5.41, 5.74) is -0.184. The van der Waals surface area contributed by atoms with E-state index in [1.54, 1.807) is 0 Å². The predicted octanol–water partition coefficient (Wildman–Crippen LogP) is 1.33. The summed E-state index contributed by atoms with van der Waals surface area (Å²) in [6.07, 6.45) is 7.33. The zero-order valence-electron chi connectivity index (χ0n) is 13.2. The molecule has 1 saturated carbocycles. The van der Waals surface area contributed by atoms with Crippen LogP contribution >= 0.6 is 0 Å². The molecule has 0 aromatic rings. The zero-order chi connectivity index (χ0) is 15.1. The maximum Gasteiger partial charge on any atom is 0.226 e. The molecule has 0 atom stereocenters. The van der Waals surface area contributed by atoms with Crippen LogP contribution in [0.15, 0.2) is 0 Å². The van der Waals surface area contributed by atoms with Gasteiger partial charge in [-0.2, -0.15) is 0 Å². The van der Waals surface area contributed by atoms with Crippen molar-refractivity contribution in [3.63, 3.8) is 0 Å². The van der Waals surface area contributed by atoms with Crippen LogP contribution in [0.3, 0.4) is 0 Å². The van der Waals surface area contributed by atoms with Crippen molar-refractivity contribution in [1.82, 2.24) is 16.0 Å². The van der Waals surface area contributed by atoms with Crippen molar-refractivity contribution in [1.29, 1.82) is 0 Å². The first-order valence-corrected chi connectivity index (χ1v) is 8.45. The van der Waals surface area contributed by atoms with Gasteiger partial charge in [0.2, 0.25) is 11.8 Å². The molecule has 0 radical (unpaired) electrons. The van der Waals surface area contributed by atoms with Gasteiger partial charge in [-0.05, 0) is 51.6 Å². The molecule has 1 aliphatic heterocycles. The highest BCUT2D eigenvalue weighted by molar-refractivity contribution is 5.83. The quantitative estimate of drug-likeness (QED) is 0.592. The van der Waals surface area contributed by atoms with Gasteiger partial charge < -0.3 is 16.0 Å². The highest BCUT2D eigenvalue weighted by Gasteiger charge is 2.38. The van der Waals surface area contributed by atoms with Crippen molar-refractivity contribution in [2.45, 2.75) is 64.3 Å². The lowest BCUT2D eigenvalue weighted by Gasteiger charge is -2.36. The van der Waals surface area contributed by atoms with E-state index in [0.717, 1.165) is 58.0 Å². The van der Waals surface area contributed by atoms with E-state index < -0.39 is 0 Å². The van der Waals surface area contributed by atoms with E-state index in [1.807, 2.05) is 0 Å². The van der Waals surface area contributed by atoms with Gasteiger partial charge in [0.15, 0.2) is 0 Å². The molecular weight excluding hydrogens is 266 g/mol. The molecule has 2 fully saturated rings. The number of hydrogen-bond donors (Lipinski definition) is 3. The predicted molar refractivity (Wildman–Crippen MR) is 82.9 cm³/mol. The number of carbonyl (C=O) groups excluding carboxylic acids is 2. The molecule has 2 aliphatic rings. The van der Waals surface area contributed by atoms with E-state index in [-0.39, 0.29) is 17.2 Å². The SMILES string of the molecule is CCCC1(C(=O)NCCCC(=O)NC2CC2)CCNCC1. The second kappa shape index (κ2) is 7.78. The largest absolute Gasteiger partial charge is 0.356 e. The molecule has 5 nitrogen and oxygen atoms in total. The molecule has 120 valence electrons. The maximum atomic E-state index is 12.5. The highest BCUT2D eigenvalue weighted by atomic mass is 16.2. The molecule has 2 amide bonds. The summed E-state index contributed by atoms with van der Waals surface area (Å²) in [6.45, 7) is 4.60. The van der Waals surface area contributed by atoms with E-state index in [0.29, 0.717) is 19.0 Å². The van der Waals surface area contributed by atoms with Gasteiger partial charge in [-0.15, -0.1) is 0 Å². The molecule has 0 unspecified atom stereocenters. The van der Waals surface area contributed by atoms with Gasteiger partial charge in [0.1, 0.15) is 0 Å². The Labute approximate surface area is 127 Å². The van der Waals surface area contributed by atoms with Gasteiger partial charge >= 0.3 is 0 Å². The van der Waals surface area contributed by atoms with E-state index in [4.69, 9.17) is 0 Å². The molecule has 3 N–H and O–H groups in total. The van der Waals surface area contributed by atoms with E-state index in [2.05, 4.69) is 22.9 Å². The Morgan fingerprint density at radius 2 is 1.95 bits per heavy atom. The standard InChI is InChI=1S/C16H29N3O2/c1-2-7-16(8-11-17-12-9-16)15(21)18-10-3-4-14(20)19-13-5-6-13/h13,17H,2-12H2,1H3,(H,18,21)(H,19,20). The monoisotopic (exact) mass is 295 g/mol. The first-order chi connectivity index (χ1) is 10.2. The van der Waals surface area contributed by atoms with Crippen molar-refractivity contribution in [3.8, 4) is 0 Å². The average Bonchev–Trinajstić information content (AvgIpc) is 3.28. The van der Waals surface area contributed by atoms with Crippen molar-refractivity contribution < 1.29 is 9.59 Å². The Bertz CT molecular complexity index is 355. The molecule has 2 rings (SSSR count). The van der Waals surface area contributed by atoms with Crippen LogP contribution in [0.1, 0.15) is 58.3 Å². The lowest BCUT2D eigenvalue weighted by molar-refractivity contribution is -0.133. The number of nitrogens with one attached hydrogen (secondary N) is 3. The van der Waals surface area contributed by atoms with Crippen LogP contribution in [0.2, 0.25) is 0 Å². The Kier molecular flexibility index (Phi) is 6.03. The molecule has 0 bridgehead atoms. The van der Waals surface area contributed by atoms with Crippen LogP contribution in [-0.2, 0) is 9.59 Å². The summed E-state index contributed by atoms with van der Waals surface area (Å²) >= 11 is 0. The van der Waals surface area contributed by atoms with E-state index in [9.17, 15) is 9.59 Å². The number of amides is 2. The normalized spacial score (nSPS) is 20.8. The third kappa shape index (κ3) is 4.99. The molecular formula is C16H29N3O2. The van der Waals surface area contributed by atoms with Gasteiger partial charge in [0, 0.05) is 19.0 Å². The highest BCUT2D eigenvalue weighted by Crippen LogP contribution is 2.34. The summed E-state index contributed by atoms with van der Waals surface area (Å²) in [4.78, 5) is 24.1. The molecule has 0 spiro atoms. The average molecular weight is 295 g/mol. The number of carbonyl (C=O) groups is 2. The summed E-state index contributed by atoms with van der Waals surface area (Å²) in [7, 11) is 0. The minimum absolute atomic E-state index is 0.122. The Hall–Kier alpha value is -1.10. The van der Waals surface area contributed by atoms with E-state index in [1.165, 1.54) is 0 Å². The molecule has 1 aliphatic carbocycles. The van der Waals surface area contributed by atoms with Crippen LogP contribution in [0.25, 0.3) is 0 Å². The van der Waals surface area contributed by atoms with Gasteiger partial charge in [-0.25, -0.2) is 0 Å². The van der Waals surface area contributed by atoms with Crippen molar-refractivity contribution in [2.24, 2.45) is 5.41 Å². The fraction of sp³-hybridized carbons (Fsp3) is 0.875. The van der Waals surface area contributed by atoms with Crippen LogP contribution in [0.5, 0.6) is 0 Å². The molecule has 1 saturated heterocycles. The lowest BCUT2D eigenvalue weighted by Crippen LogP contribution is -2.47. The second-order valence-corrected chi connectivity index (χ2v) is 6.48. The van der Waals surface area contributed by atoms with Gasteiger partial charge in [-0.3, -0.25) is 9.59 Å². The number of piperidine rings is 1. The summed E-state index contributed by atoms with van der Waals surface area (Å²) < 4.78 is 0. The minimum Gasteiger partial charge on any atom is -0.356 e. The van der Waals surface area contributed by atoms with Crippen molar-refractivity contribution in [2.75, 3.05) is 19.6 Å². The fourth-order valence-electron chi connectivity index (χ4n) is 3.14. The van der Waals surface area contributed by atoms with Crippen molar-refractivity contribution >= 4 is 11.8 Å². The molecule has 0 aromatic heterocycles. The molecule has 21 heavy (non-hydrogen) atoms. The Morgan fingerprint density at radius 1 is 1.24 bits per heavy atom. The number of rotatable bonds is 8. The topological polar surface area (TPSA) is 70.2 Å². The Morgan fingerprint density at radius 3 is 2.57 bits per heavy atom. The third-order valence-electron chi connectivity index (χ3n) is 4.58. The second-order valence-electron chi connectivity index (χ2n) is 6.48. The number of hydrogen-bond acceptors (Lipinski definition) is 3. The summed E-state index contributed by atoms with van der Waals surface area (Å²) in [5, 5.41) is 9.35. The first-order valence-electron chi connectivity index (χ1n) is 8.45. The van der Waals surface area contributed by atoms with Gasteiger partial charge in [0.05, 0.1) is 5.41 Å². The van der Waals surface area contributed by atoms with Crippen molar-refractivity contribution in [3.05, 3.63) is 0 Å². The fourth-order valence-corrected chi connectivity index (χ4v) is 3.14. The van der Waals surface area contributed by atoms with Crippen LogP contribution in [0.4, 0.5) is 0 Å².